The number of methoxy groups -OCH3 is 1. The fourth-order valence-electron chi connectivity index (χ4n) is 2.60. The first-order valence-corrected chi connectivity index (χ1v) is 8.29. The molecule has 1 saturated heterocycles. The highest BCUT2D eigenvalue weighted by atomic mass is 16.5. The molecule has 0 saturated carbocycles. The second-order valence-electron chi connectivity index (χ2n) is 5.59. The van der Waals surface area contributed by atoms with Gasteiger partial charge in [0.15, 0.2) is 0 Å². The van der Waals surface area contributed by atoms with Crippen molar-refractivity contribution in [2.45, 2.75) is 38.6 Å². The van der Waals surface area contributed by atoms with Gasteiger partial charge in [-0.05, 0) is 19.9 Å². The van der Waals surface area contributed by atoms with Crippen LogP contribution < -0.4 is 20.9 Å². The Balaban J connectivity index is 1.80. The van der Waals surface area contributed by atoms with Crippen LogP contribution in [-0.2, 0) is 14.3 Å². The highest BCUT2D eigenvalue weighted by Gasteiger charge is 2.29. The molecule has 7 heteroatoms. The molecule has 0 aromatic heterocycles. The van der Waals surface area contributed by atoms with Crippen LogP contribution in [0, 0.1) is 0 Å². The van der Waals surface area contributed by atoms with Crippen LogP contribution in [0.25, 0.3) is 0 Å². The lowest BCUT2D eigenvalue weighted by atomic mass is 10.0. The summed E-state index contributed by atoms with van der Waals surface area (Å²) in [5.74, 6) is 0.683. The zero-order valence-electron chi connectivity index (χ0n) is 14.5. The number of amides is 1. The number of nitrogens with one attached hydrogen (secondary N) is 3. The van der Waals surface area contributed by atoms with Gasteiger partial charge in [0.1, 0.15) is 11.9 Å². The first-order chi connectivity index (χ1) is 11.7. The zero-order valence-corrected chi connectivity index (χ0v) is 14.5. The van der Waals surface area contributed by atoms with Crippen molar-refractivity contribution in [3.63, 3.8) is 0 Å². The minimum Gasteiger partial charge on any atom is -0.496 e. The van der Waals surface area contributed by atoms with Crippen LogP contribution in [0.4, 0.5) is 0 Å². The van der Waals surface area contributed by atoms with Gasteiger partial charge in [0.25, 0.3) is 0 Å². The molecule has 1 amide bonds. The van der Waals surface area contributed by atoms with Gasteiger partial charge < -0.3 is 19.5 Å². The molecule has 1 heterocycles. The van der Waals surface area contributed by atoms with E-state index in [-0.39, 0.29) is 18.1 Å². The summed E-state index contributed by atoms with van der Waals surface area (Å²) >= 11 is 0. The first-order valence-electron chi connectivity index (χ1n) is 8.29. The van der Waals surface area contributed by atoms with E-state index in [1.807, 2.05) is 31.2 Å². The highest BCUT2D eigenvalue weighted by Crippen LogP contribution is 2.29. The number of rotatable bonds is 9. The number of hydrazine groups is 1. The molecular weight excluding hydrogens is 310 g/mol. The fraction of sp³-hybridized carbons (Fsp3) is 0.588. The standard InChI is InChI=1S/C17H27N3O4/c1-4-23-9-10-24-12(2)17(21)18-16-11-14(19-20-16)13-7-5-6-8-15(13)22-3/h5-8,12,14,16,19-20H,4,9-11H2,1-3H3,(H,18,21). The van der Waals surface area contributed by atoms with E-state index >= 15 is 0 Å². The predicted octanol–water partition coefficient (Wildman–Crippen LogP) is 1.12. The molecule has 1 aliphatic rings. The van der Waals surface area contributed by atoms with Gasteiger partial charge in [-0.3, -0.25) is 4.79 Å². The Morgan fingerprint density at radius 3 is 2.88 bits per heavy atom. The summed E-state index contributed by atoms with van der Waals surface area (Å²) in [6.45, 7) is 5.20. The third-order valence-electron chi connectivity index (χ3n) is 3.90. The Hall–Kier alpha value is -1.67. The summed E-state index contributed by atoms with van der Waals surface area (Å²) in [6, 6.07) is 7.92. The molecule has 1 aromatic rings. The van der Waals surface area contributed by atoms with Gasteiger partial charge in [0, 0.05) is 18.6 Å². The summed E-state index contributed by atoms with van der Waals surface area (Å²) < 4.78 is 16.0. The Kier molecular flexibility index (Phi) is 7.45. The highest BCUT2D eigenvalue weighted by molar-refractivity contribution is 5.80. The van der Waals surface area contributed by atoms with Crippen molar-refractivity contribution in [1.29, 1.82) is 0 Å². The second-order valence-corrected chi connectivity index (χ2v) is 5.59. The quantitative estimate of drug-likeness (QED) is 0.586. The molecule has 0 bridgehead atoms. The molecular formula is C17H27N3O4. The maximum absolute atomic E-state index is 12.2. The van der Waals surface area contributed by atoms with Gasteiger partial charge in [-0.15, -0.1) is 0 Å². The molecule has 0 spiro atoms. The Labute approximate surface area is 143 Å². The number of carbonyl (C=O) groups is 1. The first kappa shape index (κ1) is 18.7. The van der Waals surface area contributed by atoms with Crippen LogP contribution >= 0.6 is 0 Å². The average molecular weight is 337 g/mol. The second kappa shape index (κ2) is 9.58. The van der Waals surface area contributed by atoms with Crippen molar-refractivity contribution in [2.24, 2.45) is 0 Å². The van der Waals surface area contributed by atoms with Crippen molar-refractivity contribution in [1.82, 2.24) is 16.2 Å². The summed E-state index contributed by atoms with van der Waals surface area (Å²) in [4.78, 5) is 12.2. The number of hydrogen-bond acceptors (Lipinski definition) is 6. The molecule has 1 aromatic carbocycles. The summed E-state index contributed by atoms with van der Waals surface area (Å²) in [5, 5.41) is 2.94. The van der Waals surface area contributed by atoms with Gasteiger partial charge in [0.2, 0.25) is 5.91 Å². The SMILES string of the molecule is CCOCCOC(C)C(=O)NC1CC(c2ccccc2OC)NN1. The van der Waals surface area contributed by atoms with E-state index in [1.54, 1.807) is 14.0 Å². The molecule has 24 heavy (non-hydrogen) atoms. The summed E-state index contributed by atoms with van der Waals surface area (Å²) in [7, 11) is 1.65. The molecule has 3 atom stereocenters. The molecule has 2 rings (SSSR count). The van der Waals surface area contributed by atoms with Crippen molar-refractivity contribution in [2.75, 3.05) is 26.9 Å². The minimum atomic E-state index is -0.516. The third kappa shape index (κ3) is 5.17. The van der Waals surface area contributed by atoms with Crippen LogP contribution in [0.2, 0.25) is 0 Å². The van der Waals surface area contributed by atoms with Crippen molar-refractivity contribution >= 4 is 5.91 Å². The number of carbonyl (C=O) groups excluding carboxylic acids is 1. The van der Waals surface area contributed by atoms with Crippen LogP contribution in [0.15, 0.2) is 24.3 Å². The topological polar surface area (TPSA) is 80.9 Å². The van der Waals surface area contributed by atoms with E-state index in [9.17, 15) is 4.79 Å². The van der Waals surface area contributed by atoms with E-state index < -0.39 is 6.10 Å². The molecule has 0 radical (unpaired) electrons. The van der Waals surface area contributed by atoms with Gasteiger partial charge in [0.05, 0.1) is 32.5 Å². The molecule has 3 N–H and O–H groups in total. The Morgan fingerprint density at radius 2 is 2.12 bits per heavy atom. The van der Waals surface area contributed by atoms with Crippen molar-refractivity contribution in [3.05, 3.63) is 29.8 Å². The Bertz CT molecular complexity index is 526. The maximum Gasteiger partial charge on any atom is 0.250 e. The average Bonchev–Trinajstić information content (AvgIpc) is 3.06. The molecule has 1 fully saturated rings. The minimum absolute atomic E-state index is 0.0700. The molecule has 3 unspecified atom stereocenters. The molecule has 1 aliphatic heterocycles. The lowest BCUT2D eigenvalue weighted by Crippen LogP contribution is -2.47. The van der Waals surface area contributed by atoms with Gasteiger partial charge in [-0.1, -0.05) is 18.2 Å². The van der Waals surface area contributed by atoms with E-state index in [1.165, 1.54) is 0 Å². The fourth-order valence-corrected chi connectivity index (χ4v) is 2.60. The summed E-state index contributed by atoms with van der Waals surface area (Å²) in [6.07, 6.45) is 0.0422. The zero-order chi connectivity index (χ0) is 17.4. The van der Waals surface area contributed by atoms with E-state index in [2.05, 4.69) is 16.2 Å². The van der Waals surface area contributed by atoms with Gasteiger partial charge >= 0.3 is 0 Å². The number of hydrogen-bond donors (Lipinski definition) is 3. The van der Waals surface area contributed by atoms with Crippen molar-refractivity contribution in [3.8, 4) is 5.75 Å². The number of benzene rings is 1. The molecule has 134 valence electrons. The molecule has 7 nitrogen and oxygen atoms in total. The van der Waals surface area contributed by atoms with E-state index in [4.69, 9.17) is 14.2 Å². The van der Waals surface area contributed by atoms with Gasteiger partial charge in [-0.2, -0.15) is 0 Å². The third-order valence-corrected chi connectivity index (χ3v) is 3.90. The maximum atomic E-state index is 12.2. The smallest absolute Gasteiger partial charge is 0.250 e. The number of para-hydroxylation sites is 1. The van der Waals surface area contributed by atoms with Gasteiger partial charge in [-0.25, -0.2) is 10.9 Å². The van der Waals surface area contributed by atoms with Crippen molar-refractivity contribution < 1.29 is 19.0 Å². The van der Waals surface area contributed by atoms with Crippen LogP contribution in [0.1, 0.15) is 31.9 Å². The monoisotopic (exact) mass is 337 g/mol. The van der Waals surface area contributed by atoms with E-state index in [0.717, 1.165) is 17.7 Å². The lowest BCUT2D eigenvalue weighted by Gasteiger charge is -2.17. The van der Waals surface area contributed by atoms with E-state index in [0.29, 0.717) is 19.8 Å². The Morgan fingerprint density at radius 1 is 1.33 bits per heavy atom. The molecule has 0 aliphatic carbocycles. The normalized spacial score (nSPS) is 21.5. The predicted molar refractivity (Wildman–Crippen MR) is 90.5 cm³/mol. The lowest BCUT2D eigenvalue weighted by molar-refractivity contribution is -0.133. The summed E-state index contributed by atoms with van der Waals surface area (Å²) in [5.41, 5.74) is 7.36. The van der Waals surface area contributed by atoms with Crippen LogP contribution in [-0.4, -0.2) is 45.1 Å². The number of ether oxygens (including phenoxy) is 3. The largest absolute Gasteiger partial charge is 0.496 e. The van der Waals surface area contributed by atoms with Crippen LogP contribution in [0.5, 0.6) is 5.75 Å². The van der Waals surface area contributed by atoms with Crippen LogP contribution in [0.3, 0.4) is 0 Å².